The normalized spacial score (nSPS) is 9.93. The molecule has 1 amide bonds. The van der Waals surface area contributed by atoms with E-state index < -0.39 is 0 Å². The summed E-state index contributed by atoms with van der Waals surface area (Å²) in [6.07, 6.45) is 2.26. The van der Waals surface area contributed by atoms with Crippen molar-refractivity contribution in [1.29, 1.82) is 0 Å². The molecule has 0 fully saturated rings. The first-order chi connectivity index (χ1) is 7.24. The highest BCUT2D eigenvalue weighted by Crippen LogP contribution is 2.18. The van der Waals surface area contributed by atoms with Gasteiger partial charge in [0.25, 0.3) is 0 Å². The Morgan fingerprint density at radius 2 is 2.20 bits per heavy atom. The maximum atomic E-state index is 10.8. The van der Waals surface area contributed by atoms with Crippen LogP contribution < -0.4 is 10.5 Å². The van der Waals surface area contributed by atoms with E-state index in [1.807, 2.05) is 30.5 Å². The number of amides is 1. The van der Waals surface area contributed by atoms with Crippen LogP contribution in [0.3, 0.4) is 0 Å². The molecule has 4 heteroatoms. The molecule has 0 unspecified atom stereocenters. The third-order valence-electron chi connectivity index (χ3n) is 1.88. The quantitative estimate of drug-likeness (QED) is 0.746. The number of hydrogen-bond acceptors (Lipinski definition) is 3. The van der Waals surface area contributed by atoms with E-state index in [2.05, 4.69) is 0 Å². The first-order valence-corrected chi connectivity index (χ1v) is 6.11. The lowest BCUT2D eigenvalue weighted by Gasteiger charge is -2.09. The van der Waals surface area contributed by atoms with Crippen LogP contribution in [0.5, 0.6) is 5.75 Å². The number of carbonyl (C=O) groups is 1. The second-order valence-electron chi connectivity index (χ2n) is 3.09. The van der Waals surface area contributed by atoms with Gasteiger partial charge in [0.2, 0.25) is 5.91 Å². The summed E-state index contributed by atoms with van der Waals surface area (Å²) in [5, 5.41) is 0. The maximum absolute atomic E-state index is 10.8. The van der Waals surface area contributed by atoms with E-state index in [0.29, 0.717) is 6.61 Å². The molecule has 3 nitrogen and oxygen atoms in total. The molecule has 0 radical (unpaired) electrons. The van der Waals surface area contributed by atoms with Gasteiger partial charge in [-0.1, -0.05) is 18.2 Å². The standard InChI is InChI=1S/C11H15NO2S/c1-15-7-6-14-10-5-3-2-4-9(10)8-11(12)13/h2-5H,6-8H2,1H3,(H2,12,13). The fourth-order valence-electron chi connectivity index (χ4n) is 1.21. The minimum atomic E-state index is -0.337. The van der Waals surface area contributed by atoms with E-state index in [4.69, 9.17) is 10.5 Å². The number of benzene rings is 1. The SMILES string of the molecule is CSCCOc1ccccc1CC(N)=O. The van der Waals surface area contributed by atoms with Gasteiger partial charge in [0.1, 0.15) is 5.75 Å². The van der Waals surface area contributed by atoms with Gasteiger partial charge in [-0.3, -0.25) is 4.79 Å². The smallest absolute Gasteiger partial charge is 0.221 e. The zero-order valence-electron chi connectivity index (χ0n) is 8.73. The molecular formula is C11H15NO2S. The van der Waals surface area contributed by atoms with E-state index in [9.17, 15) is 4.79 Å². The zero-order valence-corrected chi connectivity index (χ0v) is 9.55. The topological polar surface area (TPSA) is 52.3 Å². The molecule has 0 saturated heterocycles. The summed E-state index contributed by atoms with van der Waals surface area (Å²) in [5.74, 6) is 1.35. The first-order valence-electron chi connectivity index (χ1n) is 4.72. The summed E-state index contributed by atoms with van der Waals surface area (Å²) < 4.78 is 5.55. The molecule has 1 aromatic rings. The highest BCUT2D eigenvalue weighted by atomic mass is 32.2. The van der Waals surface area contributed by atoms with Gasteiger partial charge in [-0.15, -0.1) is 0 Å². The number of primary amides is 1. The Kier molecular flexibility index (Phi) is 5.04. The second-order valence-corrected chi connectivity index (χ2v) is 4.08. The summed E-state index contributed by atoms with van der Waals surface area (Å²) in [4.78, 5) is 10.8. The fraction of sp³-hybridized carbons (Fsp3) is 0.364. The van der Waals surface area contributed by atoms with E-state index >= 15 is 0 Å². The van der Waals surface area contributed by atoms with Crippen LogP contribution >= 0.6 is 11.8 Å². The number of thioether (sulfide) groups is 1. The van der Waals surface area contributed by atoms with Gasteiger partial charge in [0.05, 0.1) is 13.0 Å². The van der Waals surface area contributed by atoms with Crippen LogP contribution in [0.2, 0.25) is 0 Å². The minimum absolute atomic E-state index is 0.232. The minimum Gasteiger partial charge on any atom is -0.492 e. The van der Waals surface area contributed by atoms with Crippen molar-refractivity contribution in [2.24, 2.45) is 5.73 Å². The Bertz CT molecular complexity index is 328. The number of rotatable bonds is 6. The Morgan fingerprint density at radius 3 is 2.87 bits per heavy atom. The molecule has 0 spiro atoms. The highest BCUT2D eigenvalue weighted by Gasteiger charge is 2.05. The lowest BCUT2D eigenvalue weighted by Crippen LogP contribution is -2.14. The second kappa shape index (κ2) is 6.35. The number of hydrogen-bond donors (Lipinski definition) is 1. The van der Waals surface area contributed by atoms with E-state index in [1.54, 1.807) is 11.8 Å². The van der Waals surface area contributed by atoms with Crippen molar-refractivity contribution in [1.82, 2.24) is 0 Å². The Morgan fingerprint density at radius 1 is 1.47 bits per heavy atom. The lowest BCUT2D eigenvalue weighted by molar-refractivity contribution is -0.117. The summed E-state index contributed by atoms with van der Waals surface area (Å²) >= 11 is 1.72. The van der Waals surface area contributed by atoms with Crippen molar-refractivity contribution < 1.29 is 9.53 Å². The van der Waals surface area contributed by atoms with Crippen LogP contribution in [0.15, 0.2) is 24.3 Å². The van der Waals surface area contributed by atoms with Gasteiger partial charge in [-0.2, -0.15) is 11.8 Å². The molecule has 1 rings (SSSR count). The van der Waals surface area contributed by atoms with Crippen molar-refractivity contribution in [3.63, 3.8) is 0 Å². The molecule has 1 aromatic carbocycles. The van der Waals surface area contributed by atoms with E-state index in [-0.39, 0.29) is 12.3 Å². The summed E-state index contributed by atoms with van der Waals surface area (Å²) in [5.41, 5.74) is 6.00. The molecule has 0 aliphatic heterocycles. The molecule has 0 aromatic heterocycles. The van der Waals surface area contributed by atoms with Crippen LogP contribution in [-0.2, 0) is 11.2 Å². The summed E-state index contributed by atoms with van der Waals surface area (Å²) in [7, 11) is 0. The summed E-state index contributed by atoms with van der Waals surface area (Å²) in [6.45, 7) is 0.650. The van der Waals surface area contributed by atoms with Crippen LogP contribution in [-0.4, -0.2) is 24.5 Å². The third kappa shape index (κ3) is 4.25. The predicted molar refractivity (Wildman–Crippen MR) is 63.2 cm³/mol. The third-order valence-corrected chi connectivity index (χ3v) is 2.46. The average Bonchev–Trinajstić information content (AvgIpc) is 2.20. The first kappa shape index (κ1) is 11.9. The number of carbonyl (C=O) groups excluding carboxylic acids is 1. The van der Waals surface area contributed by atoms with Gasteiger partial charge in [0.15, 0.2) is 0 Å². The lowest BCUT2D eigenvalue weighted by atomic mass is 10.1. The Labute approximate surface area is 94.0 Å². The largest absolute Gasteiger partial charge is 0.492 e. The maximum Gasteiger partial charge on any atom is 0.221 e. The molecule has 15 heavy (non-hydrogen) atoms. The monoisotopic (exact) mass is 225 g/mol. The van der Waals surface area contributed by atoms with Crippen molar-refractivity contribution in [2.75, 3.05) is 18.6 Å². The number of nitrogens with two attached hydrogens (primary N) is 1. The molecule has 0 bridgehead atoms. The Hall–Kier alpha value is -1.16. The van der Waals surface area contributed by atoms with Crippen LogP contribution in [0.4, 0.5) is 0 Å². The fourth-order valence-corrected chi connectivity index (χ4v) is 1.46. The van der Waals surface area contributed by atoms with Gasteiger partial charge in [-0.25, -0.2) is 0 Å². The van der Waals surface area contributed by atoms with Crippen LogP contribution in [0.1, 0.15) is 5.56 Å². The van der Waals surface area contributed by atoms with Gasteiger partial charge >= 0.3 is 0 Å². The van der Waals surface area contributed by atoms with Gasteiger partial charge in [-0.05, 0) is 12.3 Å². The number of para-hydroxylation sites is 1. The van der Waals surface area contributed by atoms with Crippen LogP contribution in [0.25, 0.3) is 0 Å². The zero-order chi connectivity index (χ0) is 11.1. The van der Waals surface area contributed by atoms with Gasteiger partial charge in [0, 0.05) is 11.3 Å². The molecule has 0 aliphatic carbocycles. The van der Waals surface area contributed by atoms with E-state index in [1.165, 1.54) is 0 Å². The number of ether oxygens (including phenoxy) is 1. The molecular weight excluding hydrogens is 210 g/mol. The highest BCUT2D eigenvalue weighted by molar-refractivity contribution is 7.98. The van der Waals surface area contributed by atoms with Crippen molar-refractivity contribution in [3.05, 3.63) is 29.8 Å². The molecule has 2 N–H and O–H groups in total. The van der Waals surface area contributed by atoms with Crippen molar-refractivity contribution in [3.8, 4) is 5.75 Å². The predicted octanol–water partition coefficient (Wildman–Crippen LogP) is 1.46. The summed E-state index contributed by atoms with van der Waals surface area (Å²) in [6, 6.07) is 7.48. The molecule has 0 heterocycles. The molecule has 0 aliphatic rings. The Balaban J connectivity index is 2.64. The average molecular weight is 225 g/mol. The molecule has 82 valence electrons. The molecule has 0 saturated carbocycles. The molecule has 0 atom stereocenters. The van der Waals surface area contributed by atoms with Crippen molar-refractivity contribution >= 4 is 17.7 Å². The van der Waals surface area contributed by atoms with Gasteiger partial charge < -0.3 is 10.5 Å². The van der Waals surface area contributed by atoms with E-state index in [0.717, 1.165) is 17.1 Å². The van der Waals surface area contributed by atoms with Crippen molar-refractivity contribution in [2.45, 2.75) is 6.42 Å². The van der Waals surface area contributed by atoms with Crippen LogP contribution in [0, 0.1) is 0 Å².